The maximum atomic E-state index is 13.1. The first-order valence-electron chi connectivity index (χ1n) is 15.2. The van der Waals surface area contributed by atoms with Gasteiger partial charge in [-0.05, 0) is 65.6 Å². The van der Waals surface area contributed by atoms with Gasteiger partial charge in [0.2, 0.25) is 0 Å². The lowest BCUT2D eigenvalue weighted by Crippen LogP contribution is -2.23. The second kappa shape index (κ2) is 14.9. The van der Waals surface area contributed by atoms with Crippen LogP contribution < -0.4 is 9.44 Å². The minimum atomic E-state index is -4.41. The lowest BCUT2D eigenvalue weighted by Gasteiger charge is -2.14. The smallest absolute Gasteiger partial charge is 0.279 e. The molecule has 2 atom stereocenters. The van der Waals surface area contributed by atoms with E-state index in [1.54, 1.807) is 48.6 Å². The number of nitrogens with one attached hydrogen (secondary N) is 2. The number of sulfonamides is 2. The largest absolute Gasteiger partial charge is 0.416 e. The van der Waals surface area contributed by atoms with Crippen molar-refractivity contribution in [2.75, 3.05) is 6.67 Å². The summed E-state index contributed by atoms with van der Waals surface area (Å²) in [5.74, 6) is -0.950. The summed E-state index contributed by atoms with van der Waals surface area (Å²) in [5.41, 5.74) is 2.15. The molecule has 4 aromatic rings. The molecule has 2 aliphatic carbocycles. The number of benzene rings is 4. The number of halogens is 5. The Kier molecular flexibility index (Phi) is 10.8. The van der Waals surface area contributed by atoms with E-state index >= 15 is 0 Å². The third kappa shape index (κ3) is 8.77. The standard InChI is InChI=1S/C19H16F3NO2S.C18H15F2NO2S/c1-13-11-17(14-7-9-15(10-8-14)19(20,21)22)18(12-13)23-26(24,25)16-5-3-2-4-6-16;19-12-13-10-17(14-6-8-15(20)9-7-14)18(11-13)21-24(22,23)16-4-2-1-3-5-16/h2-13,23H,1H3;1-11,13,21H,12H2. The van der Waals surface area contributed by atoms with Crippen molar-refractivity contribution in [3.8, 4) is 0 Å². The van der Waals surface area contributed by atoms with E-state index in [1.165, 1.54) is 66.7 Å². The Morgan fingerprint density at radius 3 is 1.50 bits per heavy atom. The molecular weight excluding hydrogens is 696 g/mol. The number of allylic oxidation sites excluding steroid dienone is 6. The van der Waals surface area contributed by atoms with E-state index < -0.39 is 50.2 Å². The van der Waals surface area contributed by atoms with Gasteiger partial charge in [0.15, 0.2) is 0 Å². The van der Waals surface area contributed by atoms with Gasteiger partial charge in [0.1, 0.15) is 5.82 Å². The van der Waals surface area contributed by atoms with Gasteiger partial charge in [-0.25, -0.2) is 21.2 Å². The third-order valence-corrected chi connectivity index (χ3v) is 10.4. The first-order valence-corrected chi connectivity index (χ1v) is 18.2. The number of hydrogen-bond donors (Lipinski definition) is 2. The fourth-order valence-corrected chi connectivity index (χ4v) is 7.46. The molecule has 6 rings (SSSR count). The predicted molar refractivity (Wildman–Crippen MR) is 182 cm³/mol. The van der Waals surface area contributed by atoms with Crippen molar-refractivity contribution in [1.82, 2.24) is 9.44 Å². The summed E-state index contributed by atoms with van der Waals surface area (Å²) in [7, 11) is -7.56. The van der Waals surface area contributed by atoms with Crippen LogP contribution in [0.15, 0.2) is 155 Å². The van der Waals surface area contributed by atoms with Crippen LogP contribution in [0.5, 0.6) is 0 Å². The molecule has 0 saturated heterocycles. The van der Waals surface area contributed by atoms with E-state index in [0.29, 0.717) is 33.7 Å². The molecule has 13 heteroatoms. The van der Waals surface area contributed by atoms with Gasteiger partial charge in [-0.2, -0.15) is 13.2 Å². The van der Waals surface area contributed by atoms with Gasteiger partial charge in [-0.1, -0.05) is 91.9 Å². The lowest BCUT2D eigenvalue weighted by molar-refractivity contribution is -0.137. The summed E-state index contributed by atoms with van der Waals surface area (Å²) in [6.45, 7) is 1.23. The molecule has 4 aromatic carbocycles. The predicted octanol–water partition coefficient (Wildman–Crippen LogP) is 8.27. The molecular formula is C37H31F5N2O4S2. The zero-order valence-corrected chi connectivity index (χ0v) is 28.0. The van der Waals surface area contributed by atoms with Gasteiger partial charge in [0, 0.05) is 17.1 Å². The Labute approximate surface area is 287 Å². The Morgan fingerprint density at radius 1 is 0.600 bits per heavy atom. The van der Waals surface area contributed by atoms with Crippen molar-refractivity contribution >= 4 is 31.2 Å². The molecule has 0 amide bonds. The summed E-state index contributed by atoms with van der Waals surface area (Å²) in [5, 5.41) is 0. The van der Waals surface area contributed by atoms with E-state index in [0.717, 1.165) is 12.1 Å². The van der Waals surface area contributed by atoms with Gasteiger partial charge < -0.3 is 0 Å². The highest BCUT2D eigenvalue weighted by Gasteiger charge is 2.31. The van der Waals surface area contributed by atoms with Crippen LogP contribution in [0.3, 0.4) is 0 Å². The maximum absolute atomic E-state index is 13.1. The molecule has 0 radical (unpaired) electrons. The van der Waals surface area contributed by atoms with Crippen LogP contribution in [0.4, 0.5) is 22.0 Å². The molecule has 0 saturated carbocycles. The van der Waals surface area contributed by atoms with Gasteiger partial charge in [0.05, 0.1) is 33.4 Å². The molecule has 0 aliphatic heterocycles. The highest BCUT2D eigenvalue weighted by Crippen LogP contribution is 2.35. The molecule has 50 heavy (non-hydrogen) atoms. The summed E-state index contributed by atoms with van der Waals surface area (Å²) in [6, 6.07) is 26.1. The van der Waals surface area contributed by atoms with E-state index in [-0.39, 0.29) is 15.7 Å². The maximum Gasteiger partial charge on any atom is 0.416 e. The lowest BCUT2D eigenvalue weighted by atomic mass is 10.0. The molecule has 2 aliphatic rings. The van der Waals surface area contributed by atoms with Crippen LogP contribution in [0.25, 0.3) is 11.1 Å². The molecule has 0 spiro atoms. The number of hydrogen-bond acceptors (Lipinski definition) is 4. The molecule has 6 nitrogen and oxygen atoms in total. The van der Waals surface area contributed by atoms with Crippen molar-refractivity contribution in [1.29, 1.82) is 0 Å². The molecule has 0 aromatic heterocycles. The normalized spacial score (nSPS) is 17.5. The molecule has 2 unspecified atom stereocenters. The minimum absolute atomic E-state index is 0.0410. The van der Waals surface area contributed by atoms with Crippen LogP contribution in [0, 0.1) is 17.7 Å². The fourth-order valence-electron chi connectivity index (χ4n) is 5.25. The highest BCUT2D eigenvalue weighted by atomic mass is 32.2. The third-order valence-electron chi connectivity index (χ3n) is 7.65. The van der Waals surface area contributed by atoms with Crippen molar-refractivity contribution in [2.45, 2.75) is 22.9 Å². The van der Waals surface area contributed by atoms with E-state index in [4.69, 9.17) is 0 Å². The highest BCUT2D eigenvalue weighted by molar-refractivity contribution is 7.90. The SMILES string of the molecule is CC1C=C(NS(=O)(=O)c2ccccc2)C(c2ccc(C(F)(F)F)cc2)=C1.O=S(=O)(NC1=CC(CF)C=C1c1ccc(F)cc1)c1ccccc1. The molecule has 0 bridgehead atoms. The zero-order chi connectivity index (χ0) is 36.1. The summed E-state index contributed by atoms with van der Waals surface area (Å²) < 4.78 is 119. The molecule has 260 valence electrons. The second-order valence-electron chi connectivity index (χ2n) is 11.4. The number of rotatable bonds is 9. The Hall–Kier alpha value is -5.01. The van der Waals surface area contributed by atoms with Crippen LogP contribution in [-0.2, 0) is 26.2 Å². The monoisotopic (exact) mass is 726 g/mol. The van der Waals surface area contributed by atoms with E-state index in [1.807, 2.05) is 13.0 Å². The molecule has 0 fully saturated rings. The minimum Gasteiger partial charge on any atom is -0.279 e. The van der Waals surface area contributed by atoms with Crippen LogP contribution >= 0.6 is 0 Å². The van der Waals surface area contributed by atoms with Crippen molar-refractivity contribution in [2.24, 2.45) is 11.8 Å². The average molecular weight is 727 g/mol. The van der Waals surface area contributed by atoms with Crippen molar-refractivity contribution < 1.29 is 38.8 Å². The summed E-state index contributed by atoms with van der Waals surface area (Å²) >= 11 is 0. The molecule has 2 N–H and O–H groups in total. The van der Waals surface area contributed by atoms with E-state index in [2.05, 4.69) is 9.44 Å². The average Bonchev–Trinajstić information content (AvgIpc) is 3.67. The first-order chi connectivity index (χ1) is 23.7. The quantitative estimate of drug-likeness (QED) is 0.170. The summed E-state index contributed by atoms with van der Waals surface area (Å²) in [6.07, 6.45) is 2.29. The van der Waals surface area contributed by atoms with Crippen molar-refractivity contribution in [3.05, 3.63) is 167 Å². The summed E-state index contributed by atoms with van der Waals surface area (Å²) in [4.78, 5) is 0.236. The van der Waals surface area contributed by atoms with Gasteiger partial charge in [0.25, 0.3) is 20.0 Å². The fraction of sp³-hybridized carbons (Fsp3) is 0.135. The first kappa shape index (κ1) is 36.3. The van der Waals surface area contributed by atoms with Crippen LogP contribution in [0.1, 0.15) is 23.6 Å². The Morgan fingerprint density at radius 2 is 1.04 bits per heavy atom. The van der Waals surface area contributed by atoms with Crippen molar-refractivity contribution in [3.63, 3.8) is 0 Å². The zero-order valence-electron chi connectivity index (χ0n) is 26.4. The second-order valence-corrected chi connectivity index (χ2v) is 14.8. The number of alkyl halides is 4. The van der Waals surface area contributed by atoms with Gasteiger partial charge >= 0.3 is 6.18 Å². The topological polar surface area (TPSA) is 92.3 Å². The van der Waals surface area contributed by atoms with Crippen LogP contribution in [0.2, 0.25) is 0 Å². The Bertz CT molecular complexity index is 2160. The Balaban J connectivity index is 0.000000195. The molecule has 0 heterocycles. The van der Waals surface area contributed by atoms with E-state index in [9.17, 15) is 38.8 Å². The van der Waals surface area contributed by atoms with Gasteiger partial charge in [-0.15, -0.1) is 0 Å². The van der Waals surface area contributed by atoms with Crippen LogP contribution in [-0.4, -0.2) is 23.5 Å². The van der Waals surface area contributed by atoms with Gasteiger partial charge in [-0.3, -0.25) is 13.8 Å².